The monoisotopic (exact) mass is 162 g/mol. The van der Waals surface area contributed by atoms with Gasteiger partial charge in [0.25, 0.3) is 5.97 Å². The highest BCUT2D eigenvalue weighted by Gasteiger charge is 1.93. The molecule has 4 heteroatoms. The predicted octanol–water partition coefficient (Wildman–Crippen LogP) is 1.05. The lowest BCUT2D eigenvalue weighted by Crippen LogP contribution is -2.06. The number of carbonyl (C=O) groups is 2. The summed E-state index contributed by atoms with van der Waals surface area (Å²) in [7, 11) is 0. The van der Waals surface area contributed by atoms with E-state index in [1.54, 1.807) is 0 Å². The lowest BCUT2D eigenvalue weighted by atomic mass is 10.5. The van der Waals surface area contributed by atoms with Gasteiger partial charge >= 0.3 is 5.97 Å². The number of carbonyl (C=O) groups excluding carboxylic acids is 1. The van der Waals surface area contributed by atoms with E-state index in [0.29, 0.717) is 0 Å². The third-order valence-corrected chi connectivity index (χ3v) is 0.402. The van der Waals surface area contributed by atoms with Gasteiger partial charge in [-0.3, -0.25) is 9.59 Å². The fourth-order valence-corrected chi connectivity index (χ4v) is 0.332. The number of hydrogen-bond donors (Lipinski definition) is 1. The number of carboxylic acids is 1. The van der Waals surface area contributed by atoms with Crippen molar-refractivity contribution in [1.82, 2.24) is 0 Å². The third kappa shape index (κ3) is 49.8. The topological polar surface area (TPSA) is 63.6 Å². The number of rotatable bonds is 1. The highest BCUT2D eigenvalue weighted by molar-refractivity contribution is 5.66. The summed E-state index contributed by atoms with van der Waals surface area (Å²) in [6.07, 6.45) is 0.0255. The molecule has 0 radical (unpaired) electrons. The van der Waals surface area contributed by atoms with Gasteiger partial charge in [-0.25, -0.2) is 0 Å². The summed E-state index contributed by atoms with van der Waals surface area (Å²) in [5, 5.41) is 7.42. The molecule has 66 valence electrons. The van der Waals surface area contributed by atoms with E-state index in [2.05, 4.69) is 4.74 Å². The second-order valence-corrected chi connectivity index (χ2v) is 2.18. The van der Waals surface area contributed by atoms with Crippen LogP contribution in [-0.4, -0.2) is 23.1 Å². The van der Waals surface area contributed by atoms with Crippen molar-refractivity contribution in [2.45, 2.75) is 33.8 Å². The highest BCUT2D eigenvalue weighted by atomic mass is 16.5. The highest BCUT2D eigenvalue weighted by Crippen LogP contribution is 1.85. The van der Waals surface area contributed by atoms with E-state index in [9.17, 15) is 4.79 Å². The largest absolute Gasteiger partial charge is 0.481 e. The molecular weight excluding hydrogens is 148 g/mol. The zero-order chi connectivity index (χ0) is 9.44. The molecule has 4 nitrogen and oxygen atoms in total. The van der Waals surface area contributed by atoms with Crippen molar-refractivity contribution >= 4 is 11.9 Å². The first kappa shape index (κ1) is 12.6. The second kappa shape index (κ2) is 7.05. The van der Waals surface area contributed by atoms with Gasteiger partial charge in [-0.05, 0) is 13.8 Å². The minimum Gasteiger partial charge on any atom is -0.481 e. The average molecular weight is 162 g/mol. The number of ether oxygens (including phenoxy) is 1. The van der Waals surface area contributed by atoms with E-state index in [-0.39, 0.29) is 12.1 Å². The maximum Gasteiger partial charge on any atom is 0.302 e. The molecule has 0 unspecified atom stereocenters. The molecule has 0 saturated carbocycles. The summed E-state index contributed by atoms with van der Waals surface area (Å²) in [5.41, 5.74) is 0. The molecule has 0 aliphatic heterocycles. The van der Waals surface area contributed by atoms with Gasteiger partial charge in [0, 0.05) is 13.8 Å². The lowest BCUT2D eigenvalue weighted by molar-refractivity contribution is -0.144. The molecule has 0 amide bonds. The smallest absolute Gasteiger partial charge is 0.302 e. The van der Waals surface area contributed by atoms with Crippen LogP contribution in [0.15, 0.2) is 0 Å². The normalized spacial score (nSPS) is 8.09. The minimum absolute atomic E-state index is 0.0255. The van der Waals surface area contributed by atoms with Crippen LogP contribution in [0.4, 0.5) is 0 Å². The van der Waals surface area contributed by atoms with Gasteiger partial charge in [-0.15, -0.1) is 0 Å². The Hall–Kier alpha value is -1.06. The van der Waals surface area contributed by atoms with E-state index < -0.39 is 5.97 Å². The first-order valence-corrected chi connectivity index (χ1v) is 3.23. The van der Waals surface area contributed by atoms with Crippen LogP contribution in [0.5, 0.6) is 0 Å². The Bertz CT molecular complexity index is 124. The van der Waals surface area contributed by atoms with Crippen LogP contribution in [0, 0.1) is 0 Å². The number of esters is 1. The molecule has 1 N–H and O–H groups in total. The van der Waals surface area contributed by atoms with Gasteiger partial charge in [0.05, 0.1) is 6.10 Å². The fraction of sp³-hybridized carbons (Fsp3) is 0.714. The third-order valence-electron chi connectivity index (χ3n) is 0.402. The Kier molecular flexibility index (Phi) is 8.08. The van der Waals surface area contributed by atoms with E-state index in [0.717, 1.165) is 6.92 Å². The molecule has 0 spiro atoms. The van der Waals surface area contributed by atoms with Crippen LogP contribution in [0.25, 0.3) is 0 Å². The van der Waals surface area contributed by atoms with Crippen molar-refractivity contribution in [2.24, 2.45) is 0 Å². The van der Waals surface area contributed by atoms with Gasteiger partial charge in [0.1, 0.15) is 0 Å². The van der Waals surface area contributed by atoms with E-state index in [4.69, 9.17) is 9.90 Å². The Morgan fingerprint density at radius 2 is 1.55 bits per heavy atom. The molecular formula is C7H14O4. The molecule has 0 rings (SSSR count). The maximum absolute atomic E-state index is 10.0. The van der Waals surface area contributed by atoms with Crippen molar-refractivity contribution in [1.29, 1.82) is 0 Å². The van der Waals surface area contributed by atoms with E-state index in [1.807, 2.05) is 13.8 Å². The van der Waals surface area contributed by atoms with E-state index >= 15 is 0 Å². The Labute approximate surface area is 66.2 Å². The number of hydrogen-bond acceptors (Lipinski definition) is 3. The first-order valence-electron chi connectivity index (χ1n) is 3.23. The quantitative estimate of drug-likeness (QED) is 0.585. The van der Waals surface area contributed by atoms with Crippen molar-refractivity contribution < 1.29 is 19.4 Å². The molecule has 0 aromatic carbocycles. The number of carboxylic acid groups (broad SMARTS) is 1. The summed E-state index contributed by atoms with van der Waals surface area (Å²) in [4.78, 5) is 19.0. The average Bonchev–Trinajstić information content (AvgIpc) is 1.56. The Balaban J connectivity index is 0. The molecule has 0 aliphatic carbocycles. The fourth-order valence-electron chi connectivity index (χ4n) is 0.332. The van der Waals surface area contributed by atoms with Crippen molar-refractivity contribution in [3.05, 3.63) is 0 Å². The molecule has 0 fully saturated rings. The van der Waals surface area contributed by atoms with Gasteiger partial charge < -0.3 is 9.84 Å². The van der Waals surface area contributed by atoms with Crippen LogP contribution in [0.2, 0.25) is 0 Å². The number of aliphatic carboxylic acids is 1. The zero-order valence-corrected chi connectivity index (χ0v) is 7.25. The standard InChI is InChI=1S/C5H10O2.C2H4O2/c1-4(2)7-5(3)6;1-2(3)4/h4H,1-3H3;1H3,(H,3,4). The van der Waals surface area contributed by atoms with Crippen LogP contribution >= 0.6 is 0 Å². The molecule has 0 aromatic heterocycles. The molecule has 0 heterocycles. The SMILES string of the molecule is CC(=O)O.CC(=O)OC(C)C. The van der Waals surface area contributed by atoms with Gasteiger partial charge in [0.2, 0.25) is 0 Å². The molecule has 11 heavy (non-hydrogen) atoms. The first-order chi connectivity index (χ1) is 4.86. The van der Waals surface area contributed by atoms with Crippen LogP contribution in [-0.2, 0) is 14.3 Å². The molecule has 0 aromatic rings. The van der Waals surface area contributed by atoms with Crippen molar-refractivity contribution in [3.63, 3.8) is 0 Å². The van der Waals surface area contributed by atoms with Crippen LogP contribution < -0.4 is 0 Å². The summed E-state index contributed by atoms with van der Waals surface area (Å²) < 4.78 is 4.61. The Morgan fingerprint density at radius 3 is 1.55 bits per heavy atom. The van der Waals surface area contributed by atoms with Crippen molar-refractivity contribution in [3.8, 4) is 0 Å². The lowest BCUT2D eigenvalue weighted by Gasteiger charge is -2.01. The van der Waals surface area contributed by atoms with Gasteiger partial charge in [0.15, 0.2) is 0 Å². The minimum atomic E-state index is -0.833. The summed E-state index contributed by atoms with van der Waals surface area (Å²) in [6.45, 7) is 6.13. The molecule has 0 bridgehead atoms. The van der Waals surface area contributed by atoms with Crippen LogP contribution in [0.3, 0.4) is 0 Å². The van der Waals surface area contributed by atoms with Crippen LogP contribution in [0.1, 0.15) is 27.7 Å². The maximum atomic E-state index is 10.0. The summed E-state index contributed by atoms with van der Waals surface area (Å²) in [6, 6.07) is 0. The molecule has 0 saturated heterocycles. The van der Waals surface area contributed by atoms with E-state index in [1.165, 1.54) is 6.92 Å². The predicted molar refractivity (Wildman–Crippen MR) is 40.2 cm³/mol. The summed E-state index contributed by atoms with van der Waals surface area (Å²) in [5.74, 6) is -1.05. The second-order valence-electron chi connectivity index (χ2n) is 2.18. The van der Waals surface area contributed by atoms with Crippen molar-refractivity contribution in [2.75, 3.05) is 0 Å². The molecule has 0 aliphatic rings. The summed E-state index contributed by atoms with van der Waals surface area (Å²) >= 11 is 0. The van der Waals surface area contributed by atoms with Gasteiger partial charge in [-0.2, -0.15) is 0 Å². The zero-order valence-electron chi connectivity index (χ0n) is 7.25. The Morgan fingerprint density at radius 1 is 1.27 bits per heavy atom. The molecule has 0 atom stereocenters. The van der Waals surface area contributed by atoms with Gasteiger partial charge in [-0.1, -0.05) is 0 Å².